The Balaban J connectivity index is -0.000000114. The van der Waals surface area contributed by atoms with Gasteiger partial charge in [0.2, 0.25) is 0 Å². The van der Waals surface area contributed by atoms with E-state index in [0.29, 0.717) is 0 Å². The van der Waals surface area contributed by atoms with Gasteiger partial charge >= 0.3 is 22.6 Å². The van der Waals surface area contributed by atoms with Gasteiger partial charge < -0.3 is 29.8 Å². The third kappa shape index (κ3) is 12.5. The van der Waals surface area contributed by atoms with Crippen LogP contribution in [0.1, 0.15) is 5.56 Å². The minimum Gasteiger partial charge on any atom is 0 e. The first-order valence-corrected chi connectivity index (χ1v) is 2.16. The van der Waals surface area contributed by atoms with Crippen LogP contribution >= 0.6 is 0 Å². The van der Waals surface area contributed by atoms with Crippen LogP contribution in [-0.4, -0.2) is 0 Å². The Morgan fingerprint density at radius 2 is 1.27 bits per heavy atom. The van der Waals surface area contributed by atoms with E-state index in [1.165, 1.54) is 0 Å². The summed E-state index contributed by atoms with van der Waals surface area (Å²) in [6.07, 6.45) is 0. The first-order chi connectivity index (χ1) is 4.89. The van der Waals surface area contributed by atoms with Crippen molar-refractivity contribution < 1.29 is 26.4 Å². The van der Waals surface area contributed by atoms with Gasteiger partial charge in [0.25, 0.3) is 0 Å². The maximum atomic E-state index is 7.50. The van der Waals surface area contributed by atoms with Crippen LogP contribution in [0.25, 0.3) is 0 Å². The molecule has 0 unspecified atom stereocenters. The predicted molar refractivity (Wildman–Crippen MR) is 30.0 cm³/mol. The second-order valence-electron chi connectivity index (χ2n) is 1.12. The molecule has 0 amide bonds. The average Bonchev–Trinajstić information content (AvgIpc) is 2.48. The molecule has 3 heteroatoms. The summed E-state index contributed by atoms with van der Waals surface area (Å²) in [5, 5.41) is 0. The molecule has 1 aromatic carbocycles. The summed E-state index contributed by atoms with van der Waals surface area (Å²) >= 11 is 0. The maximum absolute atomic E-state index is 7.50. The molecule has 2 nitrogen and oxygen atoms in total. The Hall–Kier alpha value is -0.651. The van der Waals surface area contributed by atoms with Crippen LogP contribution in [0, 0.1) is 44.5 Å². The second kappa shape index (κ2) is 16.2. The Kier molecular flexibility index (Phi) is 24.6. The van der Waals surface area contributed by atoms with E-state index in [0.717, 1.165) is 5.56 Å². The summed E-state index contributed by atoms with van der Waals surface area (Å²) in [5.41, 5.74) is 0.981. The first kappa shape index (κ1) is 16.7. The smallest absolute Gasteiger partial charge is 0 e. The van der Waals surface area contributed by atoms with Crippen LogP contribution < -0.4 is 0 Å². The average molecular weight is 187 g/mol. The molecule has 11 heavy (non-hydrogen) atoms. The molecular weight excluding hydrogens is 184 g/mol. The number of rotatable bonds is 0. The zero-order valence-corrected chi connectivity index (χ0v) is 6.77. The van der Waals surface area contributed by atoms with Crippen LogP contribution in [0.5, 0.6) is 0 Å². The van der Waals surface area contributed by atoms with E-state index >= 15 is 0 Å². The molecule has 60 valence electrons. The monoisotopic (exact) mass is 187 g/mol. The summed E-state index contributed by atoms with van der Waals surface area (Å²) in [4.78, 5) is 0. The van der Waals surface area contributed by atoms with E-state index in [1.807, 2.05) is 6.92 Å². The molecule has 0 radical (unpaired) electrons. The van der Waals surface area contributed by atoms with E-state index in [1.54, 1.807) is 0 Å². The van der Waals surface area contributed by atoms with Gasteiger partial charge in [0.05, 0.1) is 0 Å². The van der Waals surface area contributed by atoms with Crippen LogP contribution in [0.2, 0.25) is 0 Å². The van der Waals surface area contributed by atoms with Crippen LogP contribution in [0.15, 0.2) is 0 Å². The molecule has 0 bridgehead atoms. The summed E-state index contributed by atoms with van der Waals surface area (Å²) in [6.45, 7) is 10.9. The molecule has 0 saturated carbocycles. The van der Waals surface area contributed by atoms with Crippen molar-refractivity contribution in [3.63, 3.8) is 0 Å². The Morgan fingerprint density at radius 3 is 1.36 bits per heavy atom. The molecule has 0 atom stereocenters. The Morgan fingerprint density at radius 1 is 1.00 bits per heavy atom. The fourth-order valence-electron chi connectivity index (χ4n) is 0.281. The van der Waals surface area contributed by atoms with E-state index < -0.39 is 0 Å². The van der Waals surface area contributed by atoms with Gasteiger partial charge in [-0.05, 0) is 0 Å². The third-order valence-electron chi connectivity index (χ3n) is 0.562. The molecule has 0 aliphatic heterocycles. The molecule has 0 heterocycles. The first-order valence-electron chi connectivity index (χ1n) is 2.16. The minimum atomic E-state index is 0. The van der Waals surface area contributed by atoms with E-state index in [2.05, 4.69) is 37.6 Å². The van der Waals surface area contributed by atoms with Crippen LogP contribution in [0.4, 0.5) is 0 Å². The molecule has 0 aliphatic rings. The summed E-state index contributed by atoms with van der Waals surface area (Å²) in [7, 11) is 0. The van der Waals surface area contributed by atoms with Gasteiger partial charge in [0, 0.05) is 17.1 Å². The summed E-state index contributed by atoms with van der Waals surface area (Å²) in [6, 6.07) is 10.8. The molecule has 1 aromatic rings. The van der Waals surface area contributed by atoms with Gasteiger partial charge in [0.15, 0.2) is 0 Å². The fourth-order valence-corrected chi connectivity index (χ4v) is 0.281. The van der Waals surface area contributed by atoms with E-state index in [9.17, 15) is 0 Å². The minimum absolute atomic E-state index is 0. The summed E-state index contributed by atoms with van der Waals surface area (Å²) < 4.78 is 15.0. The molecule has 1 rings (SSSR count). The van der Waals surface area contributed by atoms with Crippen molar-refractivity contribution in [2.75, 3.05) is 0 Å². The zero-order chi connectivity index (χ0) is 8.41. The zero-order valence-electron chi connectivity index (χ0n) is 5.67. The van der Waals surface area contributed by atoms with Crippen LogP contribution in [0.3, 0.4) is 0 Å². The largest absolute Gasteiger partial charge is 0 e. The standard InChI is InChI=1S/C6H3.2CO.Fe/c1-6-4-2-3-5-6;2*1-2;/h1H3;;;/q-5;;;. The summed E-state index contributed by atoms with van der Waals surface area (Å²) in [5.74, 6) is 0. The van der Waals surface area contributed by atoms with Crippen molar-refractivity contribution in [3.8, 4) is 0 Å². The van der Waals surface area contributed by atoms with Crippen molar-refractivity contribution in [1.29, 1.82) is 0 Å². The molecule has 0 N–H and O–H groups in total. The topological polar surface area (TPSA) is 39.8 Å². The third-order valence-corrected chi connectivity index (χ3v) is 0.562. The predicted octanol–water partition coefficient (Wildman–Crippen LogP) is 0.837. The van der Waals surface area contributed by atoms with Gasteiger partial charge in [-0.2, -0.15) is 0 Å². The van der Waals surface area contributed by atoms with Crippen molar-refractivity contribution in [2.45, 2.75) is 6.92 Å². The van der Waals surface area contributed by atoms with Crippen molar-refractivity contribution in [3.05, 3.63) is 43.1 Å². The van der Waals surface area contributed by atoms with Crippen molar-refractivity contribution >= 4 is 0 Å². The van der Waals surface area contributed by atoms with Crippen LogP contribution in [-0.2, 0) is 26.4 Å². The number of hydrogen-bond acceptors (Lipinski definition) is 0. The molecule has 0 fully saturated rings. The second-order valence-corrected chi connectivity index (χ2v) is 1.12. The van der Waals surface area contributed by atoms with Crippen molar-refractivity contribution in [1.82, 2.24) is 0 Å². The Bertz CT molecular complexity index is 168. The normalized spacial score (nSPS) is 5.18. The van der Waals surface area contributed by atoms with Gasteiger partial charge in [0.1, 0.15) is 0 Å². The van der Waals surface area contributed by atoms with E-state index in [4.69, 9.17) is 9.30 Å². The van der Waals surface area contributed by atoms with Gasteiger partial charge in [-0.25, -0.2) is 6.92 Å². The maximum Gasteiger partial charge on any atom is 0 e. The SMILES string of the molecule is C[c-]1[c-][c-][c-][c-]1.[C-]#[O+].[C-]#[O+].[Fe]. The quantitative estimate of drug-likeness (QED) is 0.328. The van der Waals surface area contributed by atoms with Crippen molar-refractivity contribution in [2.24, 2.45) is 0 Å². The number of aryl methyl sites for hydroxylation is 1. The molecule has 0 spiro atoms. The number of hydrogen-bond donors (Lipinski definition) is 0. The van der Waals surface area contributed by atoms with Gasteiger partial charge in [-0.15, -0.1) is 0 Å². The van der Waals surface area contributed by atoms with E-state index in [-0.39, 0.29) is 17.1 Å². The molecule has 0 aliphatic carbocycles. The molecule has 0 saturated heterocycles. The fraction of sp³-hybridized carbons (Fsp3) is 0.125. The molecule has 0 aromatic heterocycles. The van der Waals surface area contributed by atoms with Gasteiger partial charge in [-0.3, -0.25) is 0 Å². The Labute approximate surface area is 76.9 Å². The van der Waals surface area contributed by atoms with Gasteiger partial charge in [-0.1, -0.05) is 0 Å². The molecular formula is C8H3FeO2-5.